The highest BCUT2D eigenvalue weighted by atomic mass is 35.5. The number of benzene rings is 3. The van der Waals surface area contributed by atoms with Gasteiger partial charge in [-0.1, -0.05) is 41.9 Å². The van der Waals surface area contributed by atoms with Crippen molar-refractivity contribution in [2.24, 2.45) is 0 Å². The second-order valence-corrected chi connectivity index (χ2v) is 10.7. The Morgan fingerprint density at radius 3 is 2.19 bits per heavy atom. The van der Waals surface area contributed by atoms with Gasteiger partial charge in [0.2, 0.25) is 0 Å². The molecule has 43 heavy (non-hydrogen) atoms. The van der Waals surface area contributed by atoms with Crippen molar-refractivity contribution in [3.05, 3.63) is 106 Å². The first-order chi connectivity index (χ1) is 20.3. The summed E-state index contributed by atoms with van der Waals surface area (Å²) in [5.41, 5.74) is -4.45. The molecule has 0 unspecified atom stereocenters. The predicted molar refractivity (Wildman–Crippen MR) is 146 cm³/mol. The van der Waals surface area contributed by atoms with E-state index in [1.54, 1.807) is 48.5 Å². The maximum absolute atomic E-state index is 13.9. The van der Waals surface area contributed by atoms with Crippen LogP contribution in [0.1, 0.15) is 56.8 Å². The molecule has 224 valence electrons. The summed E-state index contributed by atoms with van der Waals surface area (Å²) in [7, 11) is 0. The number of rotatable bonds is 5. The summed E-state index contributed by atoms with van der Waals surface area (Å²) in [6.07, 6.45) is -7.99. The van der Waals surface area contributed by atoms with E-state index in [1.807, 2.05) is 0 Å². The summed E-state index contributed by atoms with van der Waals surface area (Å²) >= 11 is 6.04. The summed E-state index contributed by atoms with van der Waals surface area (Å²) in [6, 6.07) is 14.0. The van der Waals surface area contributed by atoms with Crippen LogP contribution in [0.5, 0.6) is 0 Å². The van der Waals surface area contributed by atoms with Crippen LogP contribution in [0.3, 0.4) is 0 Å². The third kappa shape index (κ3) is 6.43. The first kappa shape index (κ1) is 30.3. The maximum Gasteiger partial charge on any atom is 0.416 e. The van der Waals surface area contributed by atoms with Gasteiger partial charge in [-0.05, 0) is 61.2 Å². The van der Waals surface area contributed by atoms with Gasteiger partial charge in [0, 0.05) is 28.9 Å². The molecule has 0 bridgehead atoms. The van der Waals surface area contributed by atoms with Crippen molar-refractivity contribution >= 4 is 34.3 Å². The van der Waals surface area contributed by atoms with E-state index in [-0.39, 0.29) is 31.1 Å². The van der Waals surface area contributed by atoms with Crippen LogP contribution in [0.2, 0.25) is 5.02 Å². The highest BCUT2D eigenvalue weighted by molar-refractivity contribution is 6.30. The van der Waals surface area contributed by atoms with Crippen LogP contribution in [0, 0.1) is 0 Å². The predicted octanol–water partition coefficient (Wildman–Crippen LogP) is 7.32. The van der Waals surface area contributed by atoms with Gasteiger partial charge in [-0.25, -0.2) is 9.97 Å². The van der Waals surface area contributed by atoms with Crippen molar-refractivity contribution in [1.82, 2.24) is 20.2 Å². The van der Waals surface area contributed by atoms with Gasteiger partial charge in [0.25, 0.3) is 11.8 Å². The van der Waals surface area contributed by atoms with E-state index in [2.05, 4.69) is 15.3 Å². The molecule has 1 saturated heterocycles. The highest BCUT2D eigenvalue weighted by Gasteiger charge is 2.45. The Bertz CT molecular complexity index is 1640. The van der Waals surface area contributed by atoms with Crippen LogP contribution < -0.4 is 5.32 Å². The van der Waals surface area contributed by atoms with E-state index in [0.29, 0.717) is 46.5 Å². The molecule has 1 aliphatic heterocycles. The Hall–Kier alpha value is -4.19. The van der Waals surface area contributed by atoms with Crippen molar-refractivity contribution in [1.29, 1.82) is 0 Å². The number of para-hydroxylation sites is 1. The molecule has 3 aromatic carbocycles. The van der Waals surface area contributed by atoms with Gasteiger partial charge >= 0.3 is 12.4 Å². The van der Waals surface area contributed by atoms with E-state index < -0.39 is 46.5 Å². The van der Waals surface area contributed by atoms with Crippen LogP contribution in [-0.4, -0.2) is 38.9 Å². The van der Waals surface area contributed by atoms with Crippen LogP contribution in [0.25, 0.3) is 10.9 Å². The Labute approximate surface area is 246 Å². The number of carbonyl (C=O) groups excluding carboxylic acids is 2. The fourth-order valence-electron chi connectivity index (χ4n) is 5.32. The van der Waals surface area contributed by atoms with Gasteiger partial charge in [-0.2, -0.15) is 26.3 Å². The highest BCUT2D eigenvalue weighted by Crippen LogP contribution is 2.38. The lowest BCUT2D eigenvalue weighted by Crippen LogP contribution is -2.65. The van der Waals surface area contributed by atoms with Gasteiger partial charge in [-0.3, -0.25) is 9.59 Å². The molecule has 5 rings (SSSR count). The van der Waals surface area contributed by atoms with Gasteiger partial charge in [0.1, 0.15) is 17.7 Å². The third-order valence-corrected chi connectivity index (χ3v) is 7.58. The van der Waals surface area contributed by atoms with Crippen molar-refractivity contribution in [3.8, 4) is 0 Å². The Morgan fingerprint density at radius 1 is 0.884 bits per heavy atom. The average Bonchev–Trinajstić information content (AvgIpc) is 2.97. The van der Waals surface area contributed by atoms with Gasteiger partial charge in [0.05, 0.1) is 16.6 Å². The topological polar surface area (TPSA) is 75.2 Å². The Morgan fingerprint density at radius 2 is 1.53 bits per heavy atom. The quantitative estimate of drug-likeness (QED) is 0.237. The minimum Gasteiger partial charge on any atom is -0.327 e. The van der Waals surface area contributed by atoms with Crippen LogP contribution in [0.15, 0.2) is 73.1 Å². The first-order valence-electron chi connectivity index (χ1n) is 13.1. The maximum atomic E-state index is 13.9. The summed E-state index contributed by atoms with van der Waals surface area (Å²) in [5.74, 6) is -1.77. The molecule has 1 N–H and O–H groups in total. The normalized spacial score (nSPS) is 17.6. The number of carbonyl (C=O) groups is 2. The number of hydrogen-bond acceptors (Lipinski definition) is 4. The molecule has 0 saturated carbocycles. The standard InChI is InChI=1S/C30H23ClF6N4O2/c31-22-9-7-18(8-10-22)16-28(40-26(42)25-23-5-1-2-6-24(23)38-17-39-25)11-3-4-12-41(28)27(43)19-13-20(29(32,33)34)15-21(14-19)30(35,36)37/h1-2,5-10,13-15,17H,3-4,11-12,16H2,(H,40,42)/t28-/m1/s1. The van der Waals surface area contributed by atoms with Crippen LogP contribution >= 0.6 is 11.6 Å². The van der Waals surface area contributed by atoms with Crippen molar-refractivity contribution in [2.45, 2.75) is 43.7 Å². The summed E-state index contributed by atoms with van der Waals surface area (Å²) in [6.45, 7) is -0.0329. The molecule has 1 fully saturated rings. The number of halogens is 7. The SMILES string of the molecule is O=C(N[C@]1(Cc2ccc(Cl)cc2)CCCCN1C(=O)c1cc(C(F)(F)F)cc(C(F)(F)F)c1)c1ncnc2ccccc12. The third-order valence-electron chi connectivity index (χ3n) is 7.33. The molecule has 0 aliphatic carbocycles. The van der Waals surface area contributed by atoms with E-state index in [4.69, 9.17) is 11.6 Å². The molecular formula is C30H23ClF6N4O2. The molecule has 0 spiro atoms. The van der Waals surface area contributed by atoms with Gasteiger partial charge in [0.15, 0.2) is 0 Å². The molecule has 1 atom stereocenters. The molecule has 1 aliphatic rings. The Balaban J connectivity index is 1.62. The van der Waals surface area contributed by atoms with E-state index in [0.717, 1.165) is 4.90 Å². The summed E-state index contributed by atoms with van der Waals surface area (Å²) in [5, 5.41) is 3.74. The number of piperidine rings is 1. The molecule has 2 amide bonds. The second-order valence-electron chi connectivity index (χ2n) is 10.2. The van der Waals surface area contributed by atoms with E-state index in [1.165, 1.54) is 6.33 Å². The molecule has 1 aromatic heterocycles. The lowest BCUT2D eigenvalue weighted by Gasteiger charge is -2.48. The van der Waals surface area contributed by atoms with Gasteiger partial charge in [-0.15, -0.1) is 0 Å². The number of likely N-dealkylation sites (tertiary alicyclic amines) is 1. The lowest BCUT2D eigenvalue weighted by molar-refractivity contribution is -0.143. The number of alkyl halides is 6. The molecular weight excluding hydrogens is 598 g/mol. The van der Waals surface area contributed by atoms with Crippen molar-refractivity contribution < 1.29 is 35.9 Å². The largest absolute Gasteiger partial charge is 0.416 e. The number of amides is 2. The minimum atomic E-state index is -5.14. The average molecular weight is 621 g/mol. The molecule has 0 radical (unpaired) electrons. The number of fused-ring (bicyclic) bond motifs is 1. The fraction of sp³-hybridized carbons (Fsp3) is 0.267. The summed E-state index contributed by atoms with van der Waals surface area (Å²) < 4.78 is 81.8. The molecule has 6 nitrogen and oxygen atoms in total. The minimum absolute atomic E-state index is 0.00233. The lowest BCUT2D eigenvalue weighted by atomic mass is 9.87. The van der Waals surface area contributed by atoms with Crippen molar-refractivity contribution in [3.63, 3.8) is 0 Å². The fourth-order valence-corrected chi connectivity index (χ4v) is 5.45. The van der Waals surface area contributed by atoms with Crippen molar-refractivity contribution in [2.75, 3.05) is 6.54 Å². The number of nitrogens with one attached hydrogen (secondary N) is 1. The number of nitrogens with zero attached hydrogens (tertiary/aromatic N) is 3. The van der Waals surface area contributed by atoms with E-state index in [9.17, 15) is 35.9 Å². The molecule has 13 heteroatoms. The number of hydrogen-bond donors (Lipinski definition) is 1. The van der Waals surface area contributed by atoms with Gasteiger partial charge < -0.3 is 10.2 Å². The molecule has 4 aromatic rings. The zero-order valence-electron chi connectivity index (χ0n) is 22.3. The zero-order valence-corrected chi connectivity index (χ0v) is 23.0. The first-order valence-corrected chi connectivity index (χ1v) is 13.5. The van der Waals surface area contributed by atoms with E-state index >= 15 is 0 Å². The summed E-state index contributed by atoms with van der Waals surface area (Å²) in [4.78, 5) is 37.2. The molecule has 2 heterocycles. The smallest absolute Gasteiger partial charge is 0.327 e. The number of aromatic nitrogens is 2. The van der Waals surface area contributed by atoms with Crippen LogP contribution in [-0.2, 0) is 18.8 Å². The zero-order chi connectivity index (χ0) is 31.0. The second kappa shape index (κ2) is 11.5. The Kier molecular flexibility index (Phi) is 8.08. The van der Waals surface area contributed by atoms with Crippen LogP contribution in [0.4, 0.5) is 26.3 Å². The monoisotopic (exact) mass is 620 g/mol.